The molecule has 5 nitrogen and oxygen atoms in total. The average Bonchev–Trinajstić information content (AvgIpc) is 2.11. The van der Waals surface area contributed by atoms with Gasteiger partial charge in [0.1, 0.15) is 0 Å². The number of nitrogens with one attached hydrogen (secondary N) is 1. The lowest BCUT2D eigenvalue weighted by Crippen LogP contribution is -2.51. The third-order valence-electron chi connectivity index (χ3n) is 2.56. The van der Waals surface area contributed by atoms with Gasteiger partial charge in [0.05, 0.1) is 0 Å². The van der Waals surface area contributed by atoms with Crippen molar-refractivity contribution in [2.45, 2.75) is 12.5 Å². The molecule has 76 valence electrons. The summed E-state index contributed by atoms with van der Waals surface area (Å²) in [5.41, 5.74) is 2.16. The topological polar surface area (TPSA) is 61.6 Å². The number of rotatable bonds is 2. The molecule has 0 aromatic rings. The van der Waals surface area contributed by atoms with Crippen molar-refractivity contribution in [2.75, 3.05) is 33.7 Å². The number of piperazine rings is 1. The molecule has 5 heteroatoms. The molecule has 1 aliphatic rings. The molecule has 3 N–H and O–H groups in total. The number of nitrogens with two attached hydrogens (primary N) is 1. The van der Waals surface area contributed by atoms with Crippen molar-refractivity contribution in [1.29, 1.82) is 0 Å². The van der Waals surface area contributed by atoms with Crippen molar-refractivity contribution in [3.63, 3.8) is 0 Å². The van der Waals surface area contributed by atoms with Gasteiger partial charge in [-0.1, -0.05) is 0 Å². The highest BCUT2D eigenvalue weighted by molar-refractivity contribution is 5.75. The van der Waals surface area contributed by atoms with Crippen LogP contribution in [0.15, 0.2) is 0 Å². The second-order valence-electron chi connectivity index (χ2n) is 3.67. The first-order valence-electron chi connectivity index (χ1n) is 4.51. The summed E-state index contributed by atoms with van der Waals surface area (Å²) < 4.78 is 0. The maximum Gasteiger partial charge on any atom is 0.235 e. The lowest BCUT2D eigenvalue weighted by atomic mass is 10.1. The van der Waals surface area contributed by atoms with Crippen LogP contribution in [-0.2, 0) is 4.79 Å². The predicted molar refractivity (Wildman–Crippen MR) is 50.9 cm³/mol. The van der Waals surface area contributed by atoms with Crippen LogP contribution in [0, 0.1) is 0 Å². The molecule has 1 atom stereocenters. The molecule has 1 fully saturated rings. The van der Waals surface area contributed by atoms with Crippen LogP contribution in [0.5, 0.6) is 0 Å². The SMILES string of the molecule is CN1CCN(C)C(CC(=O)NN)C1. The molecule has 0 aromatic heterocycles. The van der Waals surface area contributed by atoms with Gasteiger partial charge in [0.2, 0.25) is 5.91 Å². The van der Waals surface area contributed by atoms with E-state index >= 15 is 0 Å². The fourth-order valence-corrected chi connectivity index (χ4v) is 1.59. The Morgan fingerprint density at radius 2 is 2.23 bits per heavy atom. The van der Waals surface area contributed by atoms with Gasteiger partial charge in [0.15, 0.2) is 0 Å². The molecule has 0 bridgehead atoms. The summed E-state index contributed by atoms with van der Waals surface area (Å²) in [5.74, 6) is 4.95. The Hall–Kier alpha value is -0.650. The van der Waals surface area contributed by atoms with Crippen molar-refractivity contribution in [3.05, 3.63) is 0 Å². The third-order valence-corrected chi connectivity index (χ3v) is 2.56. The van der Waals surface area contributed by atoms with Gasteiger partial charge in [-0.15, -0.1) is 0 Å². The Morgan fingerprint density at radius 1 is 1.54 bits per heavy atom. The summed E-state index contributed by atoms with van der Waals surface area (Å²) in [7, 11) is 4.11. The van der Waals surface area contributed by atoms with E-state index in [1.54, 1.807) is 0 Å². The van der Waals surface area contributed by atoms with E-state index in [0.29, 0.717) is 12.5 Å². The van der Waals surface area contributed by atoms with Crippen LogP contribution in [0.25, 0.3) is 0 Å². The first-order chi connectivity index (χ1) is 6.13. The molecule has 13 heavy (non-hydrogen) atoms. The quantitative estimate of drug-likeness (QED) is 0.317. The molecule has 0 aromatic carbocycles. The molecule has 0 radical (unpaired) electrons. The van der Waals surface area contributed by atoms with Crippen LogP contribution in [-0.4, -0.2) is 55.5 Å². The zero-order valence-electron chi connectivity index (χ0n) is 8.29. The van der Waals surface area contributed by atoms with E-state index in [9.17, 15) is 4.79 Å². The standard InChI is InChI=1S/C8H18N4O/c1-11-3-4-12(2)7(6-11)5-8(13)10-9/h7H,3-6,9H2,1-2H3,(H,10,13). The van der Waals surface area contributed by atoms with Gasteiger partial charge < -0.3 is 9.80 Å². The Balaban J connectivity index is 2.41. The summed E-state index contributed by atoms with van der Waals surface area (Å²) in [5, 5.41) is 0. The number of nitrogens with zero attached hydrogens (tertiary/aromatic N) is 2. The average molecular weight is 186 g/mol. The van der Waals surface area contributed by atoms with Crippen molar-refractivity contribution in [2.24, 2.45) is 5.84 Å². The summed E-state index contributed by atoms with van der Waals surface area (Å²) in [6, 6.07) is 0.294. The zero-order chi connectivity index (χ0) is 9.84. The number of carbonyl (C=O) groups is 1. The van der Waals surface area contributed by atoms with Crippen LogP contribution in [0.3, 0.4) is 0 Å². The van der Waals surface area contributed by atoms with Gasteiger partial charge in [-0.2, -0.15) is 0 Å². The molecule has 1 rings (SSSR count). The number of likely N-dealkylation sites (N-methyl/N-ethyl adjacent to an activating group) is 2. The maximum absolute atomic E-state index is 11.1. The Kier molecular flexibility index (Phi) is 3.65. The van der Waals surface area contributed by atoms with Gasteiger partial charge in [0, 0.05) is 32.1 Å². The van der Waals surface area contributed by atoms with Crippen LogP contribution < -0.4 is 11.3 Å². The minimum atomic E-state index is -0.0906. The monoisotopic (exact) mass is 186 g/mol. The number of hydrogen-bond acceptors (Lipinski definition) is 4. The summed E-state index contributed by atoms with van der Waals surface area (Å²) in [6.45, 7) is 3.01. The van der Waals surface area contributed by atoms with Crippen LogP contribution in [0.1, 0.15) is 6.42 Å². The van der Waals surface area contributed by atoms with Gasteiger partial charge in [-0.25, -0.2) is 5.84 Å². The highest BCUT2D eigenvalue weighted by atomic mass is 16.2. The predicted octanol–water partition coefficient (Wildman–Crippen LogP) is -1.39. The summed E-state index contributed by atoms with van der Waals surface area (Å²) in [4.78, 5) is 15.5. The lowest BCUT2D eigenvalue weighted by Gasteiger charge is -2.37. The molecule has 0 aliphatic carbocycles. The van der Waals surface area contributed by atoms with Crippen LogP contribution in [0.4, 0.5) is 0 Å². The molecule has 0 saturated carbocycles. The smallest absolute Gasteiger partial charge is 0.235 e. The Bertz CT molecular complexity index is 185. The molecular formula is C8H18N4O. The molecule has 0 spiro atoms. The van der Waals surface area contributed by atoms with E-state index in [1.165, 1.54) is 0 Å². The molecule has 1 saturated heterocycles. The van der Waals surface area contributed by atoms with Crippen molar-refractivity contribution >= 4 is 5.91 Å². The Labute approximate surface area is 78.8 Å². The highest BCUT2D eigenvalue weighted by Gasteiger charge is 2.23. The molecule has 1 unspecified atom stereocenters. The lowest BCUT2D eigenvalue weighted by molar-refractivity contribution is -0.122. The van der Waals surface area contributed by atoms with E-state index in [2.05, 4.69) is 22.3 Å². The summed E-state index contributed by atoms with van der Waals surface area (Å²) >= 11 is 0. The van der Waals surface area contributed by atoms with Gasteiger partial charge in [-0.05, 0) is 14.1 Å². The minimum absolute atomic E-state index is 0.0906. The molecule has 1 heterocycles. The summed E-state index contributed by atoms with van der Waals surface area (Å²) in [6.07, 6.45) is 0.483. The van der Waals surface area contributed by atoms with Crippen LogP contribution in [0.2, 0.25) is 0 Å². The number of amides is 1. The van der Waals surface area contributed by atoms with Gasteiger partial charge >= 0.3 is 0 Å². The molecule has 1 aliphatic heterocycles. The van der Waals surface area contributed by atoms with E-state index in [-0.39, 0.29) is 5.91 Å². The Morgan fingerprint density at radius 3 is 2.85 bits per heavy atom. The van der Waals surface area contributed by atoms with E-state index < -0.39 is 0 Å². The first-order valence-corrected chi connectivity index (χ1v) is 4.51. The largest absolute Gasteiger partial charge is 0.304 e. The van der Waals surface area contributed by atoms with E-state index in [0.717, 1.165) is 19.6 Å². The number of hydrazine groups is 1. The fraction of sp³-hybridized carbons (Fsp3) is 0.875. The van der Waals surface area contributed by atoms with Crippen molar-refractivity contribution in [3.8, 4) is 0 Å². The van der Waals surface area contributed by atoms with Crippen molar-refractivity contribution < 1.29 is 4.79 Å². The molecular weight excluding hydrogens is 168 g/mol. The normalized spacial score (nSPS) is 25.9. The zero-order valence-corrected chi connectivity index (χ0v) is 8.29. The maximum atomic E-state index is 11.1. The third kappa shape index (κ3) is 2.95. The second-order valence-corrected chi connectivity index (χ2v) is 3.67. The molecule has 1 amide bonds. The van der Waals surface area contributed by atoms with E-state index in [4.69, 9.17) is 5.84 Å². The second kappa shape index (κ2) is 4.55. The van der Waals surface area contributed by atoms with E-state index in [1.807, 2.05) is 7.05 Å². The van der Waals surface area contributed by atoms with Crippen LogP contribution >= 0.6 is 0 Å². The first kappa shape index (κ1) is 10.4. The van der Waals surface area contributed by atoms with Crippen molar-refractivity contribution in [1.82, 2.24) is 15.2 Å². The highest BCUT2D eigenvalue weighted by Crippen LogP contribution is 2.08. The van der Waals surface area contributed by atoms with Gasteiger partial charge in [0.25, 0.3) is 0 Å². The number of carbonyl (C=O) groups excluding carboxylic acids is 1. The minimum Gasteiger partial charge on any atom is -0.304 e. The fourth-order valence-electron chi connectivity index (χ4n) is 1.59. The number of hydrogen-bond donors (Lipinski definition) is 2. The van der Waals surface area contributed by atoms with Gasteiger partial charge in [-0.3, -0.25) is 10.2 Å².